The molecule has 2 N–H and O–H groups in total. The first-order chi connectivity index (χ1) is 9.15. The molecular weight excluding hydrogens is 240 g/mol. The standard InChI is InChI=1S/C14H12N4O/c1-18-8-10(6-11(15)14(18)19)13-16-7-9-4-2-3-5-12(9)17-13/h2-8H,15H2,1H3. The van der Waals surface area contributed by atoms with Crippen molar-refractivity contribution >= 4 is 16.6 Å². The second kappa shape index (κ2) is 4.20. The highest BCUT2D eigenvalue weighted by molar-refractivity contribution is 5.79. The molecule has 0 bridgehead atoms. The number of nitrogen functional groups attached to an aromatic ring is 1. The minimum atomic E-state index is -0.218. The molecule has 5 nitrogen and oxygen atoms in total. The third-order valence-corrected chi connectivity index (χ3v) is 2.96. The summed E-state index contributed by atoms with van der Waals surface area (Å²) in [5, 5.41) is 0.976. The van der Waals surface area contributed by atoms with Gasteiger partial charge in [-0.25, -0.2) is 9.97 Å². The van der Waals surface area contributed by atoms with Gasteiger partial charge in [-0.1, -0.05) is 18.2 Å². The molecule has 5 heteroatoms. The summed E-state index contributed by atoms with van der Waals surface area (Å²) < 4.78 is 1.43. The van der Waals surface area contributed by atoms with Crippen LogP contribution in [0.1, 0.15) is 0 Å². The number of pyridine rings is 1. The van der Waals surface area contributed by atoms with Crippen LogP contribution < -0.4 is 11.3 Å². The van der Waals surface area contributed by atoms with Crippen molar-refractivity contribution < 1.29 is 0 Å². The molecule has 0 fully saturated rings. The molecule has 0 unspecified atom stereocenters. The fourth-order valence-corrected chi connectivity index (χ4v) is 1.97. The van der Waals surface area contributed by atoms with Crippen LogP contribution in [0.25, 0.3) is 22.3 Å². The number of aromatic nitrogens is 3. The van der Waals surface area contributed by atoms with E-state index < -0.39 is 0 Å². The van der Waals surface area contributed by atoms with Crippen LogP contribution in [0.5, 0.6) is 0 Å². The summed E-state index contributed by atoms with van der Waals surface area (Å²) in [5.41, 5.74) is 7.24. The Hall–Kier alpha value is -2.69. The van der Waals surface area contributed by atoms with Crippen LogP contribution in [0.15, 0.2) is 47.5 Å². The van der Waals surface area contributed by atoms with Gasteiger partial charge in [0, 0.05) is 30.4 Å². The molecule has 0 spiro atoms. The third kappa shape index (κ3) is 1.95. The molecule has 3 aromatic rings. The van der Waals surface area contributed by atoms with E-state index in [1.807, 2.05) is 24.3 Å². The highest BCUT2D eigenvalue weighted by atomic mass is 16.1. The fourth-order valence-electron chi connectivity index (χ4n) is 1.97. The van der Waals surface area contributed by atoms with Crippen LogP contribution in [0, 0.1) is 0 Å². The Morgan fingerprint density at radius 3 is 2.84 bits per heavy atom. The van der Waals surface area contributed by atoms with Crippen LogP contribution in [-0.2, 0) is 7.05 Å². The maximum Gasteiger partial charge on any atom is 0.273 e. The predicted octanol–water partition coefficient (Wildman–Crippen LogP) is 1.58. The van der Waals surface area contributed by atoms with Gasteiger partial charge in [-0.05, 0) is 12.1 Å². The number of nitrogens with two attached hydrogens (primary N) is 1. The molecular formula is C14H12N4O. The van der Waals surface area contributed by atoms with Crippen molar-refractivity contribution in [1.29, 1.82) is 0 Å². The monoisotopic (exact) mass is 252 g/mol. The van der Waals surface area contributed by atoms with Gasteiger partial charge in [0.05, 0.1) is 11.2 Å². The van der Waals surface area contributed by atoms with Crippen LogP contribution in [0.4, 0.5) is 5.69 Å². The number of benzene rings is 1. The van der Waals surface area contributed by atoms with Gasteiger partial charge in [0.25, 0.3) is 5.56 Å². The number of para-hydroxylation sites is 1. The first-order valence-corrected chi connectivity index (χ1v) is 5.83. The van der Waals surface area contributed by atoms with Crippen molar-refractivity contribution in [1.82, 2.24) is 14.5 Å². The third-order valence-electron chi connectivity index (χ3n) is 2.96. The lowest BCUT2D eigenvalue weighted by molar-refractivity contribution is 0.864. The molecule has 0 amide bonds. The smallest absolute Gasteiger partial charge is 0.273 e. The molecule has 2 aromatic heterocycles. The van der Waals surface area contributed by atoms with Gasteiger partial charge >= 0.3 is 0 Å². The maximum atomic E-state index is 11.6. The zero-order valence-corrected chi connectivity index (χ0v) is 10.4. The first-order valence-electron chi connectivity index (χ1n) is 5.83. The Labute approximate surface area is 109 Å². The second-order valence-electron chi connectivity index (χ2n) is 4.35. The zero-order chi connectivity index (χ0) is 13.4. The Morgan fingerprint density at radius 1 is 1.26 bits per heavy atom. The summed E-state index contributed by atoms with van der Waals surface area (Å²) >= 11 is 0. The molecule has 1 aromatic carbocycles. The van der Waals surface area contributed by atoms with E-state index in [1.165, 1.54) is 4.57 Å². The largest absolute Gasteiger partial charge is 0.394 e. The minimum Gasteiger partial charge on any atom is -0.394 e. The Bertz CT molecular complexity index is 797. The van der Waals surface area contributed by atoms with Gasteiger partial charge < -0.3 is 10.3 Å². The maximum absolute atomic E-state index is 11.6. The highest BCUT2D eigenvalue weighted by Gasteiger charge is 2.07. The molecule has 0 radical (unpaired) electrons. The zero-order valence-electron chi connectivity index (χ0n) is 10.4. The van der Waals surface area contributed by atoms with Crippen LogP contribution in [0.2, 0.25) is 0 Å². The predicted molar refractivity (Wildman–Crippen MR) is 74.6 cm³/mol. The van der Waals surface area contributed by atoms with Crippen LogP contribution in [-0.4, -0.2) is 14.5 Å². The molecule has 0 saturated carbocycles. The molecule has 0 aliphatic heterocycles. The second-order valence-corrected chi connectivity index (χ2v) is 4.35. The van der Waals surface area contributed by atoms with E-state index in [4.69, 9.17) is 5.73 Å². The number of hydrogen-bond acceptors (Lipinski definition) is 4. The SMILES string of the molecule is Cn1cc(-c2ncc3ccccc3n2)cc(N)c1=O. The number of nitrogens with zero attached hydrogens (tertiary/aromatic N) is 3. The van der Waals surface area contributed by atoms with Crippen molar-refractivity contribution in [3.8, 4) is 11.4 Å². The summed E-state index contributed by atoms with van der Waals surface area (Å²) in [6.07, 6.45) is 3.45. The molecule has 19 heavy (non-hydrogen) atoms. The van der Waals surface area contributed by atoms with E-state index in [0.717, 1.165) is 16.5 Å². The van der Waals surface area contributed by atoms with Crippen molar-refractivity contribution in [2.45, 2.75) is 0 Å². The summed E-state index contributed by atoms with van der Waals surface area (Å²) in [5.74, 6) is 0.556. The number of hydrogen-bond donors (Lipinski definition) is 1. The molecule has 0 aliphatic rings. The highest BCUT2D eigenvalue weighted by Crippen LogP contribution is 2.18. The van der Waals surface area contributed by atoms with E-state index in [2.05, 4.69) is 9.97 Å². The van der Waals surface area contributed by atoms with Crippen LogP contribution >= 0.6 is 0 Å². The number of anilines is 1. The lowest BCUT2D eigenvalue weighted by atomic mass is 10.2. The topological polar surface area (TPSA) is 73.8 Å². The molecule has 0 atom stereocenters. The molecule has 0 aliphatic carbocycles. The molecule has 2 heterocycles. The van der Waals surface area contributed by atoms with Gasteiger partial charge in [0.1, 0.15) is 0 Å². The normalized spacial score (nSPS) is 10.8. The quantitative estimate of drug-likeness (QED) is 0.713. The van der Waals surface area contributed by atoms with Gasteiger partial charge in [-0.15, -0.1) is 0 Å². The number of aryl methyl sites for hydroxylation is 1. The summed E-state index contributed by atoms with van der Waals surface area (Å²) in [6, 6.07) is 9.34. The van der Waals surface area contributed by atoms with Gasteiger partial charge in [0.15, 0.2) is 5.82 Å². The van der Waals surface area contributed by atoms with Gasteiger partial charge in [-0.3, -0.25) is 4.79 Å². The molecule has 94 valence electrons. The van der Waals surface area contributed by atoms with Crippen molar-refractivity contribution in [2.24, 2.45) is 7.05 Å². The van der Waals surface area contributed by atoms with Crippen molar-refractivity contribution in [3.63, 3.8) is 0 Å². The number of fused-ring (bicyclic) bond motifs is 1. The summed E-state index contributed by atoms with van der Waals surface area (Å²) in [4.78, 5) is 20.3. The summed E-state index contributed by atoms with van der Waals surface area (Å²) in [6.45, 7) is 0. The lowest BCUT2D eigenvalue weighted by Crippen LogP contribution is -2.19. The minimum absolute atomic E-state index is 0.191. The van der Waals surface area contributed by atoms with E-state index >= 15 is 0 Å². The van der Waals surface area contributed by atoms with E-state index in [0.29, 0.717) is 5.82 Å². The van der Waals surface area contributed by atoms with E-state index in [1.54, 1.807) is 25.5 Å². The summed E-state index contributed by atoms with van der Waals surface area (Å²) in [7, 11) is 1.66. The van der Waals surface area contributed by atoms with Gasteiger partial charge in [0.2, 0.25) is 0 Å². The van der Waals surface area contributed by atoms with Gasteiger partial charge in [-0.2, -0.15) is 0 Å². The van der Waals surface area contributed by atoms with E-state index in [9.17, 15) is 4.79 Å². The average Bonchev–Trinajstić information content (AvgIpc) is 2.43. The lowest BCUT2D eigenvalue weighted by Gasteiger charge is -2.05. The first kappa shape index (κ1) is 11.4. The Kier molecular flexibility index (Phi) is 2.52. The van der Waals surface area contributed by atoms with Crippen molar-refractivity contribution in [3.05, 3.63) is 53.1 Å². The molecule has 3 rings (SSSR count). The average molecular weight is 252 g/mol. The van der Waals surface area contributed by atoms with Crippen molar-refractivity contribution in [2.75, 3.05) is 5.73 Å². The molecule has 0 saturated heterocycles. The van der Waals surface area contributed by atoms with E-state index in [-0.39, 0.29) is 11.2 Å². The number of rotatable bonds is 1. The fraction of sp³-hybridized carbons (Fsp3) is 0.0714. The van der Waals surface area contributed by atoms with Crippen LogP contribution in [0.3, 0.4) is 0 Å². The Morgan fingerprint density at radius 2 is 2.05 bits per heavy atom. The Balaban J connectivity index is 2.21.